The molecule has 1 atom stereocenters. The Morgan fingerprint density at radius 2 is 1.93 bits per heavy atom. The van der Waals surface area contributed by atoms with Gasteiger partial charge in [0.05, 0.1) is 17.2 Å². The van der Waals surface area contributed by atoms with Crippen LogP contribution in [0.1, 0.15) is 63.1 Å². The summed E-state index contributed by atoms with van der Waals surface area (Å²) < 4.78 is 44.4. The Hall–Kier alpha value is -2.56. The number of alkyl halides is 3. The Balaban J connectivity index is 2.51. The summed E-state index contributed by atoms with van der Waals surface area (Å²) in [7, 11) is 0. The Morgan fingerprint density at radius 1 is 1.26 bits per heavy atom. The Bertz CT molecular complexity index is 791. The van der Waals surface area contributed by atoms with Crippen LogP contribution >= 0.6 is 0 Å². The fourth-order valence-electron chi connectivity index (χ4n) is 3.17. The van der Waals surface area contributed by atoms with E-state index in [9.17, 15) is 22.8 Å². The molecule has 2 rings (SSSR count). The quantitative estimate of drug-likeness (QED) is 0.820. The van der Waals surface area contributed by atoms with E-state index < -0.39 is 34.5 Å². The van der Waals surface area contributed by atoms with Crippen LogP contribution in [-0.4, -0.2) is 17.5 Å². The number of ether oxygens (including phenoxy) is 1. The zero-order valence-electron chi connectivity index (χ0n) is 15.4. The van der Waals surface area contributed by atoms with Crippen molar-refractivity contribution in [3.05, 3.63) is 34.9 Å². The van der Waals surface area contributed by atoms with Gasteiger partial charge < -0.3 is 10.1 Å². The number of nitrogens with zero attached hydrogens (tertiary/aromatic N) is 1. The number of hydrogen-bond donors (Lipinski definition) is 1. The molecule has 1 N–H and O–H groups in total. The molecule has 8 heteroatoms. The predicted molar refractivity (Wildman–Crippen MR) is 90.7 cm³/mol. The van der Waals surface area contributed by atoms with E-state index in [1.54, 1.807) is 20.8 Å². The van der Waals surface area contributed by atoms with Gasteiger partial charge in [-0.1, -0.05) is 6.07 Å². The topological polar surface area (TPSA) is 79.2 Å². The third kappa shape index (κ3) is 4.59. The summed E-state index contributed by atoms with van der Waals surface area (Å²) in [5, 5.41) is 11.7. The number of hydrogen-bond acceptors (Lipinski definition) is 4. The lowest BCUT2D eigenvalue weighted by atomic mass is 9.75. The highest BCUT2D eigenvalue weighted by molar-refractivity contribution is 5.93. The van der Waals surface area contributed by atoms with E-state index in [4.69, 9.17) is 10.00 Å². The van der Waals surface area contributed by atoms with E-state index >= 15 is 0 Å². The van der Waals surface area contributed by atoms with Crippen molar-refractivity contribution in [1.29, 1.82) is 5.26 Å². The number of ketones is 1. The van der Waals surface area contributed by atoms with Crippen molar-refractivity contribution in [2.45, 2.75) is 63.8 Å². The maximum atomic E-state index is 13.1. The average molecular weight is 382 g/mol. The monoisotopic (exact) mass is 382 g/mol. The summed E-state index contributed by atoms with van der Waals surface area (Å²) in [5.74, 6) is -0.316. The van der Waals surface area contributed by atoms with Crippen LogP contribution in [0.15, 0.2) is 18.2 Å². The molecule has 0 saturated heterocycles. The molecule has 1 fully saturated rings. The third-order valence-electron chi connectivity index (χ3n) is 4.33. The molecule has 1 aliphatic carbocycles. The van der Waals surface area contributed by atoms with Gasteiger partial charge in [-0.15, -0.1) is 0 Å². The number of rotatable bonds is 2. The summed E-state index contributed by atoms with van der Waals surface area (Å²) in [5.41, 5.74) is -3.83. The standard InChI is InChI=1S/C19H21F3N2O3/c1-17(2,3)27-16(26)24-18(9-5-4-6-15(18)25)13-7-8-14(19(20,21)22)12(10-13)11-23/h7-8,10H,4-6,9H2,1-3H3,(H,24,26). The molecule has 0 aromatic heterocycles. The number of amides is 1. The minimum absolute atomic E-state index is 0.155. The molecule has 27 heavy (non-hydrogen) atoms. The third-order valence-corrected chi connectivity index (χ3v) is 4.33. The maximum absolute atomic E-state index is 13.1. The number of Topliss-reactive ketones (excluding diaryl/α,β-unsaturated/α-hetero) is 1. The summed E-state index contributed by atoms with van der Waals surface area (Å²) in [4.78, 5) is 25.0. The zero-order valence-corrected chi connectivity index (χ0v) is 15.4. The van der Waals surface area contributed by atoms with Crippen molar-refractivity contribution in [2.24, 2.45) is 0 Å². The number of carbonyl (C=O) groups excluding carboxylic acids is 2. The average Bonchev–Trinajstić information content (AvgIpc) is 2.53. The van der Waals surface area contributed by atoms with E-state index in [1.807, 2.05) is 0 Å². The van der Waals surface area contributed by atoms with Crippen LogP contribution in [0.4, 0.5) is 18.0 Å². The van der Waals surface area contributed by atoms with Gasteiger partial charge in [-0.05, 0) is 57.7 Å². The van der Waals surface area contributed by atoms with E-state index in [1.165, 1.54) is 6.07 Å². The van der Waals surface area contributed by atoms with Gasteiger partial charge in [-0.2, -0.15) is 18.4 Å². The van der Waals surface area contributed by atoms with Crippen molar-refractivity contribution >= 4 is 11.9 Å². The molecule has 1 aromatic carbocycles. The van der Waals surface area contributed by atoms with E-state index in [0.717, 1.165) is 18.2 Å². The molecule has 1 saturated carbocycles. The second-order valence-electron chi connectivity index (χ2n) is 7.53. The van der Waals surface area contributed by atoms with Gasteiger partial charge >= 0.3 is 12.3 Å². The highest BCUT2D eigenvalue weighted by atomic mass is 19.4. The highest BCUT2D eigenvalue weighted by Crippen LogP contribution is 2.38. The van der Waals surface area contributed by atoms with E-state index in [2.05, 4.69) is 5.32 Å². The number of carbonyl (C=O) groups is 2. The smallest absolute Gasteiger partial charge is 0.417 e. The van der Waals surface area contributed by atoms with E-state index in [0.29, 0.717) is 12.8 Å². The molecule has 0 spiro atoms. The highest BCUT2D eigenvalue weighted by Gasteiger charge is 2.45. The first-order valence-electron chi connectivity index (χ1n) is 8.55. The van der Waals surface area contributed by atoms with Crippen LogP contribution in [0.2, 0.25) is 0 Å². The van der Waals surface area contributed by atoms with Crippen LogP contribution in [0.25, 0.3) is 0 Å². The molecule has 146 valence electrons. The summed E-state index contributed by atoms with van der Waals surface area (Å²) >= 11 is 0. The van der Waals surface area contributed by atoms with Crippen molar-refractivity contribution in [1.82, 2.24) is 5.32 Å². The molecular formula is C19H21F3N2O3. The van der Waals surface area contributed by atoms with Crippen molar-refractivity contribution in [2.75, 3.05) is 0 Å². The van der Waals surface area contributed by atoms with Gasteiger partial charge in [0.15, 0.2) is 5.78 Å². The Morgan fingerprint density at radius 3 is 2.44 bits per heavy atom. The molecule has 1 amide bonds. The molecule has 0 radical (unpaired) electrons. The van der Waals surface area contributed by atoms with Gasteiger partial charge in [-0.25, -0.2) is 4.79 Å². The minimum Gasteiger partial charge on any atom is -0.444 e. The molecule has 0 bridgehead atoms. The van der Waals surface area contributed by atoms with Gasteiger partial charge in [-0.3, -0.25) is 4.79 Å². The fraction of sp³-hybridized carbons (Fsp3) is 0.526. The Labute approximate surface area is 155 Å². The molecule has 1 unspecified atom stereocenters. The maximum Gasteiger partial charge on any atom is 0.417 e. The minimum atomic E-state index is -4.69. The van der Waals surface area contributed by atoms with Crippen LogP contribution in [0.3, 0.4) is 0 Å². The van der Waals surface area contributed by atoms with Crippen molar-refractivity contribution in [3.63, 3.8) is 0 Å². The predicted octanol–water partition coefficient (Wildman–Crippen LogP) is 4.44. The molecule has 5 nitrogen and oxygen atoms in total. The Kier molecular flexibility index (Phi) is 5.55. The first kappa shape index (κ1) is 20.7. The second kappa shape index (κ2) is 7.22. The molecule has 1 aliphatic rings. The second-order valence-corrected chi connectivity index (χ2v) is 7.53. The normalized spacial score (nSPS) is 20.7. The van der Waals surface area contributed by atoms with Crippen molar-refractivity contribution < 1.29 is 27.5 Å². The van der Waals surface area contributed by atoms with Gasteiger partial charge in [0.2, 0.25) is 0 Å². The number of nitriles is 1. The van der Waals surface area contributed by atoms with Crippen LogP contribution in [0, 0.1) is 11.3 Å². The number of alkyl carbamates (subject to hydrolysis) is 1. The zero-order chi connectivity index (χ0) is 20.5. The molecule has 0 heterocycles. The lowest BCUT2D eigenvalue weighted by molar-refractivity contribution is -0.137. The summed E-state index contributed by atoms with van der Waals surface area (Å²) in [6.07, 6.45) is -3.89. The molecular weight excluding hydrogens is 361 g/mol. The van der Waals surface area contributed by atoms with Crippen LogP contribution in [0.5, 0.6) is 0 Å². The fourth-order valence-corrected chi connectivity index (χ4v) is 3.17. The molecule has 0 aliphatic heterocycles. The van der Waals surface area contributed by atoms with Crippen LogP contribution in [-0.2, 0) is 21.2 Å². The van der Waals surface area contributed by atoms with Crippen molar-refractivity contribution in [3.8, 4) is 6.07 Å². The largest absolute Gasteiger partial charge is 0.444 e. The number of halogens is 3. The van der Waals surface area contributed by atoms with Gasteiger partial charge in [0.1, 0.15) is 11.1 Å². The van der Waals surface area contributed by atoms with E-state index in [-0.39, 0.29) is 24.2 Å². The lowest BCUT2D eigenvalue weighted by Crippen LogP contribution is -2.54. The first-order chi connectivity index (χ1) is 12.4. The number of benzene rings is 1. The van der Waals surface area contributed by atoms with Gasteiger partial charge in [0.25, 0.3) is 0 Å². The lowest BCUT2D eigenvalue weighted by Gasteiger charge is -2.37. The van der Waals surface area contributed by atoms with Gasteiger partial charge in [0, 0.05) is 6.42 Å². The SMILES string of the molecule is CC(C)(C)OC(=O)NC1(c2ccc(C(F)(F)F)c(C#N)c2)CCCCC1=O. The first-order valence-corrected chi connectivity index (χ1v) is 8.55. The number of nitrogens with one attached hydrogen (secondary N) is 1. The summed E-state index contributed by atoms with van der Waals surface area (Å²) in [6.45, 7) is 4.98. The summed E-state index contributed by atoms with van der Waals surface area (Å²) in [6, 6.07) is 4.48. The van der Waals surface area contributed by atoms with Crippen LogP contribution < -0.4 is 5.32 Å². The molecule has 1 aromatic rings.